The molecule has 0 spiro atoms. The lowest BCUT2D eigenvalue weighted by atomic mass is 10.1. The fourth-order valence-corrected chi connectivity index (χ4v) is 3.93. The molecule has 0 saturated carbocycles. The van der Waals surface area contributed by atoms with Crippen molar-refractivity contribution in [3.8, 4) is 11.3 Å². The van der Waals surface area contributed by atoms with Gasteiger partial charge in [-0.15, -0.1) is 0 Å². The lowest BCUT2D eigenvalue weighted by Crippen LogP contribution is -2.38. The summed E-state index contributed by atoms with van der Waals surface area (Å²) in [5.74, 6) is -0.807. The van der Waals surface area contributed by atoms with Crippen LogP contribution in [0.1, 0.15) is 45.8 Å². The zero-order chi connectivity index (χ0) is 24.9. The molecule has 3 aromatic rings. The first-order valence-electron chi connectivity index (χ1n) is 11.2. The number of aromatic nitrogens is 2. The van der Waals surface area contributed by atoms with Crippen LogP contribution in [0.15, 0.2) is 60.8 Å². The Labute approximate surface area is 202 Å². The fraction of sp³-hybridized carbons (Fsp3) is 0.240. The van der Waals surface area contributed by atoms with Gasteiger partial charge in [-0.3, -0.25) is 9.59 Å². The summed E-state index contributed by atoms with van der Waals surface area (Å²) in [6, 6.07) is 16.0. The molecule has 5 N–H and O–H groups in total. The lowest BCUT2D eigenvalue weighted by molar-refractivity contribution is 0.0926. The first-order valence-corrected chi connectivity index (χ1v) is 11.2. The second-order valence-corrected chi connectivity index (χ2v) is 8.36. The third-order valence-corrected chi connectivity index (χ3v) is 5.88. The molecule has 1 fully saturated rings. The highest BCUT2D eigenvalue weighted by Gasteiger charge is 2.28. The molecular weight excluding hydrogens is 448 g/mol. The lowest BCUT2D eigenvalue weighted by Gasteiger charge is -2.15. The van der Waals surface area contributed by atoms with Gasteiger partial charge in [-0.1, -0.05) is 42.5 Å². The van der Waals surface area contributed by atoms with Crippen LogP contribution in [0.25, 0.3) is 11.3 Å². The maximum atomic E-state index is 12.8. The Bertz CT molecular complexity index is 1250. The highest BCUT2D eigenvalue weighted by Crippen LogP contribution is 2.21. The minimum absolute atomic E-state index is 0.0371. The van der Waals surface area contributed by atoms with E-state index in [-0.39, 0.29) is 36.0 Å². The molecule has 2 atom stereocenters. The van der Waals surface area contributed by atoms with Crippen molar-refractivity contribution in [1.82, 2.24) is 25.5 Å². The quantitative estimate of drug-likeness (QED) is 0.429. The van der Waals surface area contributed by atoms with Crippen molar-refractivity contribution in [1.29, 1.82) is 0 Å². The van der Waals surface area contributed by atoms with Gasteiger partial charge < -0.3 is 26.4 Å². The molecule has 0 radical (unpaired) electrons. The van der Waals surface area contributed by atoms with Crippen LogP contribution < -0.4 is 16.4 Å². The van der Waals surface area contributed by atoms with Crippen LogP contribution >= 0.6 is 0 Å². The van der Waals surface area contributed by atoms with Crippen molar-refractivity contribution in [3.63, 3.8) is 0 Å². The number of amides is 3. The average molecular weight is 475 g/mol. The number of anilines is 1. The monoisotopic (exact) mass is 474 g/mol. The number of benzene rings is 2. The van der Waals surface area contributed by atoms with Crippen molar-refractivity contribution in [2.24, 2.45) is 0 Å². The topological polar surface area (TPSA) is 151 Å². The molecule has 10 heteroatoms. The summed E-state index contributed by atoms with van der Waals surface area (Å²) < 4.78 is 0. The Morgan fingerprint density at radius 1 is 1.11 bits per heavy atom. The van der Waals surface area contributed by atoms with Gasteiger partial charge in [-0.05, 0) is 31.0 Å². The number of carbonyl (C=O) groups excluding carboxylic acids is 2. The van der Waals surface area contributed by atoms with Crippen molar-refractivity contribution >= 4 is 23.7 Å². The van der Waals surface area contributed by atoms with E-state index in [4.69, 9.17) is 10.8 Å². The predicted octanol–water partition coefficient (Wildman–Crippen LogP) is 2.70. The molecule has 10 nitrogen and oxygen atoms in total. The van der Waals surface area contributed by atoms with Crippen molar-refractivity contribution in [3.05, 3.63) is 77.6 Å². The van der Waals surface area contributed by atoms with Gasteiger partial charge >= 0.3 is 6.09 Å². The number of nitrogens with two attached hydrogens (primary N) is 1. The van der Waals surface area contributed by atoms with Gasteiger partial charge in [-0.2, -0.15) is 0 Å². The summed E-state index contributed by atoms with van der Waals surface area (Å²) in [6.45, 7) is 2.46. The number of carboxylic acid groups (broad SMARTS) is 1. The van der Waals surface area contributed by atoms with E-state index in [0.717, 1.165) is 5.56 Å². The summed E-state index contributed by atoms with van der Waals surface area (Å²) in [5, 5.41) is 14.9. The van der Waals surface area contributed by atoms with E-state index in [1.165, 1.54) is 11.1 Å². The Kier molecular flexibility index (Phi) is 6.91. The molecule has 4 rings (SSSR count). The molecule has 1 aromatic heterocycles. The van der Waals surface area contributed by atoms with Crippen LogP contribution in [0, 0.1) is 0 Å². The Morgan fingerprint density at radius 2 is 1.89 bits per heavy atom. The second kappa shape index (κ2) is 10.2. The molecule has 2 aromatic carbocycles. The van der Waals surface area contributed by atoms with Crippen LogP contribution in [0.5, 0.6) is 0 Å². The van der Waals surface area contributed by atoms with Crippen LogP contribution in [0.2, 0.25) is 0 Å². The number of carbonyl (C=O) groups is 3. The molecule has 180 valence electrons. The molecule has 0 aliphatic carbocycles. The smallest absolute Gasteiger partial charge is 0.407 e. The second-order valence-electron chi connectivity index (χ2n) is 8.36. The fourth-order valence-electron chi connectivity index (χ4n) is 3.93. The third-order valence-electron chi connectivity index (χ3n) is 5.88. The molecule has 0 unspecified atom stereocenters. The van der Waals surface area contributed by atoms with E-state index in [2.05, 4.69) is 20.6 Å². The van der Waals surface area contributed by atoms with E-state index in [9.17, 15) is 14.4 Å². The predicted molar refractivity (Wildman–Crippen MR) is 130 cm³/mol. The summed E-state index contributed by atoms with van der Waals surface area (Å²) in [4.78, 5) is 46.5. The number of nitrogen functional groups attached to an aromatic ring is 1. The highest BCUT2D eigenvalue weighted by atomic mass is 16.4. The summed E-state index contributed by atoms with van der Waals surface area (Å²) in [5.41, 5.74) is 8.27. The Hall–Kier alpha value is -4.47. The van der Waals surface area contributed by atoms with Crippen molar-refractivity contribution in [2.75, 3.05) is 18.8 Å². The van der Waals surface area contributed by atoms with Crippen molar-refractivity contribution < 1.29 is 19.5 Å². The molecule has 35 heavy (non-hydrogen) atoms. The molecule has 1 aliphatic rings. The first kappa shape index (κ1) is 23.7. The Morgan fingerprint density at radius 3 is 2.60 bits per heavy atom. The van der Waals surface area contributed by atoms with Gasteiger partial charge in [0, 0.05) is 30.3 Å². The maximum Gasteiger partial charge on any atom is 0.407 e. The van der Waals surface area contributed by atoms with Crippen LogP contribution in [0.3, 0.4) is 0 Å². The van der Waals surface area contributed by atoms with Gasteiger partial charge in [0.2, 0.25) is 0 Å². The molecule has 3 amide bonds. The van der Waals surface area contributed by atoms with E-state index in [1.807, 2.05) is 37.3 Å². The number of nitrogens with zero attached hydrogens (tertiary/aromatic N) is 3. The highest BCUT2D eigenvalue weighted by molar-refractivity contribution is 5.97. The van der Waals surface area contributed by atoms with Gasteiger partial charge in [0.05, 0.1) is 17.9 Å². The third kappa shape index (κ3) is 5.55. The van der Waals surface area contributed by atoms with Crippen LogP contribution in [0.4, 0.5) is 10.6 Å². The summed E-state index contributed by atoms with van der Waals surface area (Å²) >= 11 is 0. The zero-order valence-corrected chi connectivity index (χ0v) is 19.1. The summed E-state index contributed by atoms with van der Waals surface area (Å²) in [7, 11) is 0. The standard InChI is InChI=1S/C25H26N6O4/c1-15(16-6-3-2-4-7-16)28-23(32)18-9-5-8-17(12-18)20-13-27-22(26)21(30-20)24(33)29-19-10-11-31(14-19)25(34)35/h2-9,12-13,15,19H,10-11,14H2,1H3,(H2,26,27)(H,28,32)(H,29,33)(H,34,35)/t15-,19+/m1/s1. The van der Waals surface area contributed by atoms with Crippen molar-refractivity contribution in [2.45, 2.75) is 25.4 Å². The average Bonchev–Trinajstić information content (AvgIpc) is 3.33. The normalized spacial score (nSPS) is 15.9. The minimum Gasteiger partial charge on any atom is -0.465 e. The maximum absolute atomic E-state index is 12.8. The van der Waals surface area contributed by atoms with Gasteiger partial charge in [0.25, 0.3) is 11.8 Å². The molecular formula is C25H26N6O4. The number of likely N-dealkylation sites (tertiary alicyclic amines) is 1. The number of hydrogen-bond donors (Lipinski definition) is 4. The number of nitrogens with one attached hydrogen (secondary N) is 2. The molecule has 1 saturated heterocycles. The van der Waals surface area contributed by atoms with E-state index in [1.54, 1.807) is 24.3 Å². The largest absolute Gasteiger partial charge is 0.465 e. The number of rotatable bonds is 6. The van der Waals surface area contributed by atoms with Gasteiger partial charge in [0.1, 0.15) is 0 Å². The summed E-state index contributed by atoms with van der Waals surface area (Å²) in [6.07, 6.45) is 0.922. The van der Waals surface area contributed by atoms with Crippen LogP contribution in [-0.4, -0.2) is 57.0 Å². The van der Waals surface area contributed by atoms with E-state index < -0.39 is 12.0 Å². The van der Waals surface area contributed by atoms with Gasteiger partial charge in [0.15, 0.2) is 11.5 Å². The van der Waals surface area contributed by atoms with Gasteiger partial charge in [-0.25, -0.2) is 14.8 Å². The van der Waals surface area contributed by atoms with E-state index >= 15 is 0 Å². The molecule has 1 aliphatic heterocycles. The number of hydrogen-bond acceptors (Lipinski definition) is 6. The molecule has 2 heterocycles. The van der Waals surface area contributed by atoms with E-state index in [0.29, 0.717) is 29.8 Å². The van der Waals surface area contributed by atoms with Crippen LogP contribution in [-0.2, 0) is 0 Å². The zero-order valence-electron chi connectivity index (χ0n) is 19.1. The Balaban J connectivity index is 1.49. The molecule has 0 bridgehead atoms. The first-order chi connectivity index (χ1) is 16.8. The minimum atomic E-state index is -1.02. The SMILES string of the molecule is C[C@@H](NC(=O)c1cccc(-c2cnc(N)c(C(=O)N[C@H]3CCN(C(=O)O)C3)n2)c1)c1ccccc1.